The van der Waals surface area contributed by atoms with Crippen LogP contribution in [0.15, 0.2) is 18.2 Å². The molecule has 102 valence electrons. The second kappa shape index (κ2) is 5.99. The van der Waals surface area contributed by atoms with E-state index in [1.807, 2.05) is 0 Å². The van der Waals surface area contributed by atoms with Gasteiger partial charge in [-0.3, -0.25) is 10.1 Å². The van der Waals surface area contributed by atoms with Gasteiger partial charge < -0.3 is 15.9 Å². The molecule has 4 N–H and O–H groups in total. The molecule has 1 aromatic carbocycles. The monoisotopic (exact) mass is 276 g/mol. The van der Waals surface area contributed by atoms with Crippen molar-refractivity contribution in [1.29, 1.82) is 0 Å². The summed E-state index contributed by atoms with van der Waals surface area (Å²) in [6, 6.07) is 3.44. The fraction of sp³-hybridized carbons (Fsp3) is 0.455. The summed E-state index contributed by atoms with van der Waals surface area (Å²) >= 11 is 0. The number of nitrogens with two attached hydrogens (primary N) is 1. The van der Waals surface area contributed by atoms with Gasteiger partial charge in [0.25, 0.3) is 0 Å². The molecule has 0 saturated carbocycles. The predicted molar refractivity (Wildman–Crippen MR) is 69.8 cm³/mol. The second-order valence-corrected chi connectivity index (χ2v) is 4.63. The van der Waals surface area contributed by atoms with E-state index >= 15 is 0 Å². The topological polar surface area (TPSA) is 110 Å². The van der Waals surface area contributed by atoms with Gasteiger partial charge in [-0.15, -0.1) is 12.4 Å². The average Bonchev–Trinajstić information content (AvgIpc) is 2.28. The highest BCUT2D eigenvalue weighted by Gasteiger charge is 2.28. The standard InChI is InChI=1S/C11H16N2O4.ClH/c1-11(2,6-14)10(12)7-3-4-9(15)8(5-7)13(16)17;/h3-5,10,14-15H,6,12H2,1-2H3;1H/t10-;/m1./s1. The quantitative estimate of drug-likeness (QED) is 0.573. The van der Waals surface area contributed by atoms with Gasteiger partial charge in [-0.1, -0.05) is 19.9 Å². The first-order valence-electron chi connectivity index (χ1n) is 5.13. The van der Waals surface area contributed by atoms with E-state index in [1.165, 1.54) is 18.2 Å². The maximum Gasteiger partial charge on any atom is 0.311 e. The molecule has 0 saturated heterocycles. The Morgan fingerprint density at radius 1 is 1.50 bits per heavy atom. The van der Waals surface area contributed by atoms with Crippen LogP contribution in [0, 0.1) is 15.5 Å². The van der Waals surface area contributed by atoms with Gasteiger partial charge in [-0.25, -0.2) is 0 Å². The molecule has 1 aromatic rings. The van der Waals surface area contributed by atoms with Crippen molar-refractivity contribution in [2.24, 2.45) is 11.1 Å². The molecule has 0 aliphatic carbocycles. The van der Waals surface area contributed by atoms with Crippen molar-refractivity contribution in [3.8, 4) is 5.75 Å². The minimum Gasteiger partial charge on any atom is -0.502 e. The van der Waals surface area contributed by atoms with Crippen molar-refractivity contribution < 1.29 is 15.1 Å². The van der Waals surface area contributed by atoms with Gasteiger partial charge in [-0.05, 0) is 11.6 Å². The zero-order chi connectivity index (χ0) is 13.2. The molecular formula is C11H17ClN2O4. The number of rotatable bonds is 4. The number of nitro groups is 1. The number of phenols is 1. The molecule has 0 aromatic heterocycles. The minimum atomic E-state index is -0.669. The van der Waals surface area contributed by atoms with Crippen LogP contribution in [0.3, 0.4) is 0 Å². The lowest BCUT2D eigenvalue weighted by Crippen LogP contribution is -2.32. The van der Waals surface area contributed by atoms with E-state index < -0.39 is 22.1 Å². The van der Waals surface area contributed by atoms with Crippen LogP contribution in [0.1, 0.15) is 25.5 Å². The van der Waals surface area contributed by atoms with Crippen LogP contribution in [-0.4, -0.2) is 21.7 Å². The van der Waals surface area contributed by atoms with Gasteiger partial charge >= 0.3 is 5.69 Å². The van der Waals surface area contributed by atoms with E-state index in [4.69, 9.17) is 5.73 Å². The van der Waals surface area contributed by atoms with Crippen molar-refractivity contribution in [1.82, 2.24) is 0 Å². The molecule has 0 amide bonds. The smallest absolute Gasteiger partial charge is 0.311 e. The zero-order valence-electron chi connectivity index (χ0n) is 10.2. The first-order chi connectivity index (χ1) is 7.79. The molecule has 1 rings (SSSR count). The SMILES string of the molecule is CC(C)(CO)[C@H](N)c1ccc(O)c([N+](=O)[O-])c1.Cl. The van der Waals surface area contributed by atoms with Crippen LogP contribution in [0.5, 0.6) is 5.75 Å². The van der Waals surface area contributed by atoms with Gasteiger partial charge in [0.15, 0.2) is 5.75 Å². The molecule has 7 heteroatoms. The van der Waals surface area contributed by atoms with E-state index in [1.54, 1.807) is 13.8 Å². The zero-order valence-corrected chi connectivity index (χ0v) is 11.0. The highest BCUT2D eigenvalue weighted by Crippen LogP contribution is 2.35. The summed E-state index contributed by atoms with van der Waals surface area (Å²) in [5, 5.41) is 29.2. The summed E-state index contributed by atoms with van der Waals surface area (Å²) in [7, 11) is 0. The molecule has 1 atom stereocenters. The third-order valence-corrected chi connectivity index (χ3v) is 2.80. The summed E-state index contributed by atoms with van der Waals surface area (Å²) < 4.78 is 0. The van der Waals surface area contributed by atoms with Gasteiger partial charge in [0, 0.05) is 24.1 Å². The Labute approximate surface area is 111 Å². The van der Waals surface area contributed by atoms with Crippen molar-refractivity contribution in [2.75, 3.05) is 6.61 Å². The number of aromatic hydroxyl groups is 1. The lowest BCUT2D eigenvalue weighted by Gasteiger charge is -2.29. The summed E-state index contributed by atoms with van der Waals surface area (Å²) in [5.41, 5.74) is 5.47. The molecule has 0 radical (unpaired) electrons. The molecular weight excluding hydrogens is 260 g/mol. The van der Waals surface area contributed by atoms with Crippen LogP contribution in [0.25, 0.3) is 0 Å². The number of aliphatic hydroxyl groups is 1. The summed E-state index contributed by atoms with van der Waals surface area (Å²) in [4.78, 5) is 10.0. The normalized spacial score (nSPS) is 12.7. The average molecular weight is 277 g/mol. The molecule has 0 spiro atoms. The summed E-state index contributed by atoms with van der Waals surface area (Å²) in [6.07, 6.45) is 0. The van der Waals surface area contributed by atoms with E-state index in [-0.39, 0.29) is 24.7 Å². The third-order valence-electron chi connectivity index (χ3n) is 2.80. The molecule has 0 aliphatic heterocycles. The lowest BCUT2D eigenvalue weighted by molar-refractivity contribution is -0.385. The lowest BCUT2D eigenvalue weighted by atomic mass is 9.82. The summed E-state index contributed by atoms with van der Waals surface area (Å²) in [6.45, 7) is 3.38. The minimum absolute atomic E-state index is 0. The number of nitrogens with zero attached hydrogens (tertiary/aromatic N) is 1. The molecule has 18 heavy (non-hydrogen) atoms. The number of phenolic OH excluding ortho intramolecular Hbond substituents is 1. The van der Waals surface area contributed by atoms with E-state index in [9.17, 15) is 20.3 Å². The molecule has 0 heterocycles. The van der Waals surface area contributed by atoms with Gasteiger partial charge in [0.2, 0.25) is 0 Å². The van der Waals surface area contributed by atoms with Crippen LogP contribution >= 0.6 is 12.4 Å². The van der Waals surface area contributed by atoms with Crippen LogP contribution in [0.2, 0.25) is 0 Å². The maximum absolute atomic E-state index is 10.7. The molecule has 0 bridgehead atoms. The first-order valence-corrected chi connectivity index (χ1v) is 5.13. The second-order valence-electron chi connectivity index (χ2n) is 4.63. The van der Waals surface area contributed by atoms with E-state index in [0.717, 1.165) is 0 Å². The molecule has 0 unspecified atom stereocenters. The Kier molecular flexibility index (Phi) is 5.54. The Morgan fingerprint density at radius 3 is 2.50 bits per heavy atom. The molecule has 6 nitrogen and oxygen atoms in total. The molecule has 0 aliphatic rings. The Balaban J connectivity index is 0.00000289. The number of aliphatic hydroxyl groups excluding tert-OH is 1. The summed E-state index contributed by atoms with van der Waals surface area (Å²) in [5.74, 6) is -0.396. The number of halogens is 1. The Morgan fingerprint density at radius 2 is 2.06 bits per heavy atom. The Hall–Kier alpha value is -1.37. The van der Waals surface area contributed by atoms with Crippen LogP contribution in [0.4, 0.5) is 5.69 Å². The molecule has 0 fully saturated rings. The fourth-order valence-corrected chi connectivity index (χ4v) is 1.43. The van der Waals surface area contributed by atoms with Crippen molar-refractivity contribution >= 4 is 18.1 Å². The maximum atomic E-state index is 10.7. The number of nitro benzene ring substituents is 1. The number of hydrogen-bond acceptors (Lipinski definition) is 5. The first kappa shape index (κ1) is 16.6. The van der Waals surface area contributed by atoms with Gasteiger partial charge in [-0.2, -0.15) is 0 Å². The fourth-order valence-electron chi connectivity index (χ4n) is 1.43. The van der Waals surface area contributed by atoms with E-state index in [0.29, 0.717) is 5.56 Å². The van der Waals surface area contributed by atoms with E-state index in [2.05, 4.69) is 0 Å². The van der Waals surface area contributed by atoms with Crippen molar-refractivity contribution in [3.05, 3.63) is 33.9 Å². The van der Waals surface area contributed by atoms with Crippen molar-refractivity contribution in [3.63, 3.8) is 0 Å². The van der Waals surface area contributed by atoms with Crippen LogP contribution in [-0.2, 0) is 0 Å². The van der Waals surface area contributed by atoms with Gasteiger partial charge in [0.05, 0.1) is 4.92 Å². The van der Waals surface area contributed by atoms with Gasteiger partial charge in [0.1, 0.15) is 0 Å². The third kappa shape index (κ3) is 3.32. The largest absolute Gasteiger partial charge is 0.502 e. The Bertz CT molecular complexity index is 437. The highest BCUT2D eigenvalue weighted by molar-refractivity contribution is 5.85. The number of benzene rings is 1. The van der Waals surface area contributed by atoms with Crippen molar-refractivity contribution in [2.45, 2.75) is 19.9 Å². The van der Waals surface area contributed by atoms with Crippen LogP contribution < -0.4 is 5.73 Å². The highest BCUT2D eigenvalue weighted by atomic mass is 35.5. The number of hydrogen-bond donors (Lipinski definition) is 3. The predicted octanol–water partition coefficient (Wildman–Crippen LogP) is 1.74.